The van der Waals surface area contributed by atoms with E-state index in [4.69, 9.17) is 0 Å². The van der Waals surface area contributed by atoms with Crippen molar-refractivity contribution in [3.8, 4) is 0 Å². The Labute approximate surface area is 77.9 Å². The third-order valence-electron chi connectivity index (χ3n) is 0.885. The van der Waals surface area contributed by atoms with E-state index in [9.17, 15) is 4.79 Å². The smallest absolute Gasteiger partial charge is 0.293 e. The molecule has 13 heavy (non-hydrogen) atoms. The van der Waals surface area contributed by atoms with E-state index in [1.807, 2.05) is 32.9 Å². The molecule has 0 atom stereocenters. The number of aromatic nitrogens is 2. The molecular weight excluding hydrogens is 168 g/mol. The molecule has 1 aromatic heterocycles. The van der Waals surface area contributed by atoms with Crippen molar-refractivity contribution in [2.45, 2.75) is 26.4 Å². The van der Waals surface area contributed by atoms with Gasteiger partial charge in [-0.25, -0.2) is 0 Å². The third kappa shape index (κ3) is 10.6. The number of ether oxygens (including phenoxy) is 1. The van der Waals surface area contributed by atoms with Crippen LogP contribution < -0.4 is 0 Å². The lowest BCUT2D eigenvalue weighted by Gasteiger charge is -2.14. The maximum absolute atomic E-state index is 9.60. The minimum Gasteiger partial charge on any atom is -0.462 e. The van der Waals surface area contributed by atoms with Gasteiger partial charge in [-0.15, -0.1) is 0 Å². The summed E-state index contributed by atoms with van der Waals surface area (Å²) in [6, 6.07) is 3.65. The first-order chi connectivity index (χ1) is 6.06. The normalized spacial score (nSPS) is 9.46. The molecule has 1 heterocycles. The Kier molecular flexibility index (Phi) is 5.43. The first-order valence-electron chi connectivity index (χ1n) is 3.89. The second-order valence-corrected chi connectivity index (χ2v) is 3.24. The van der Waals surface area contributed by atoms with E-state index < -0.39 is 0 Å². The van der Waals surface area contributed by atoms with E-state index in [1.54, 1.807) is 12.4 Å². The zero-order chi connectivity index (χ0) is 10.2. The molecule has 4 nitrogen and oxygen atoms in total. The van der Waals surface area contributed by atoms with E-state index in [0.717, 1.165) is 0 Å². The lowest BCUT2D eigenvalue weighted by atomic mass is 10.2. The average Bonchev–Trinajstić information content (AvgIpc) is 2.06. The highest BCUT2D eigenvalue weighted by atomic mass is 16.5. The number of rotatable bonds is 1. The Morgan fingerprint density at radius 1 is 1.15 bits per heavy atom. The molecule has 0 aliphatic heterocycles. The molecule has 0 amide bonds. The molecule has 0 unspecified atom stereocenters. The van der Waals surface area contributed by atoms with Crippen molar-refractivity contribution in [3.63, 3.8) is 0 Å². The van der Waals surface area contributed by atoms with Gasteiger partial charge < -0.3 is 4.74 Å². The topological polar surface area (TPSA) is 52.1 Å². The van der Waals surface area contributed by atoms with Gasteiger partial charge >= 0.3 is 0 Å². The molecule has 0 N–H and O–H groups in total. The van der Waals surface area contributed by atoms with Crippen molar-refractivity contribution in [1.29, 1.82) is 0 Å². The van der Waals surface area contributed by atoms with E-state index in [-0.39, 0.29) is 5.60 Å². The largest absolute Gasteiger partial charge is 0.462 e. The van der Waals surface area contributed by atoms with E-state index in [1.165, 1.54) is 0 Å². The number of hydrogen-bond donors (Lipinski definition) is 0. The van der Waals surface area contributed by atoms with Gasteiger partial charge in [0, 0.05) is 12.4 Å². The van der Waals surface area contributed by atoms with Crippen LogP contribution in [0.4, 0.5) is 0 Å². The van der Waals surface area contributed by atoms with E-state index in [0.29, 0.717) is 6.47 Å². The lowest BCUT2D eigenvalue weighted by molar-refractivity contribution is -0.138. The van der Waals surface area contributed by atoms with Crippen LogP contribution in [0.3, 0.4) is 0 Å². The highest BCUT2D eigenvalue weighted by Crippen LogP contribution is 2.02. The molecule has 0 spiro atoms. The minimum absolute atomic E-state index is 0.318. The number of hydrogen-bond acceptors (Lipinski definition) is 4. The fourth-order valence-corrected chi connectivity index (χ4v) is 0.398. The Bertz CT molecular complexity index is 192. The number of carbonyl (C=O) groups is 1. The van der Waals surface area contributed by atoms with Gasteiger partial charge in [0.15, 0.2) is 0 Å². The maximum atomic E-state index is 9.60. The van der Waals surface area contributed by atoms with Gasteiger partial charge in [0.25, 0.3) is 6.47 Å². The summed E-state index contributed by atoms with van der Waals surface area (Å²) in [5, 5.41) is 7.07. The van der Waals surface area contributed by atoms with Crippen LogP contribution in [0.1, 0.15) is 20.8 Å². The predicted octanol–water partition coefficient (Wildman–Crippen LogP) is 1.43. The quantitative estimate of drug-likeness (QED) is 0.616. The maximum Gasteiger partial charge on any atom is 0.293 e. The van der Waals surface area contributed by atoms with Crippen molar-refractivity contribution in [3.05, 3.63) is 24.5 Å². The van der Waals surface area contributed by atoms with Gasteiger partial charge in [-0.3, -0.25) is 4.79 Å². The summed E-state index contributed by atoms with van der Waals surface area (Å²) >= 11 is 0. The fraction of sp³-hybridized carbons (Fsp3) is 0.444. The highest BCUT2D eigenvalue weighted by Gasteiger charge is 2.07. The summed E-state index contributed by atoms with van der Waals surface area (Å²) in [6.45, 7) is 5.92. The SMILES string of the molecule is CC(C)(C)OC=O.c1ccnnc1. The van der Waals surface area contributed by atoms with Crippen LogP contribution in [-0.4, -0.2) is 22.3 Å². The molecule has 1 rings (SSSR count). The minimum atomic E-state index is -0.318. The molecule has 0 saturated carbocycles. The summed E-state index contributed by atoms with van der Waals surface area (Å²) in [5.41, 5.74) is -0.318. The molecule has 0 aromatic carbocycles. The van der Waals surface area contributed by atoms with Crippen LogP contribution in [0.5, 0.6) is 0 Å². The predicted molar refractivity (Wildman–Crippen MR) is 48.9 cm³/mol. The standard InChI is InChI=1S/C5H10O2.C4H4N2/c1-5(2,3)7-4-6;1-2-4-6-5-3-1/h4H,1-3H3;1-4H. The van der Waals surface area contributed by atoms with Crippen LogP contribution in [0.15, 0.2) is 24.5 Å². The Morgan fingerprint density at radius 2 is 1.62 bits per heavy atom. The molecule has 4 heteroatoms. The summed E-state index contributed by atoms with van der Waals surface area (Å²) in [6.07, 6.45) is 3.28. The summed E-state index contributed by atoms with van der Waals surface area (Å²) < 4.78 is 4.55. The second-order valence-electron chi connectivity index (χ2n) is 3.24. The second kappa shape index (κ2) is 6.11. The molecular formula is C9H14N2O2. The van der Waals surface area contributed by atoms with E-state index >= 15 is 0 Å². The van der Waals surface area contributed by atoms with Gasteiger partial charge in [0.1, 0.15) is 5.60 Å². The van der Waals surface area contributed by atoms with Crippen LogP contribution in [-0.2, 0) is 9.53 Å². The van der Waals surface area contributed by atoms with Gasteiger partial charge in [-0.05, 0) is 32.9 Å². The zero-order valence-electron chi connectivity index (χ0n) is 8.10. The average molecular weight is 182 g/mol. The van der Waals surface area contributed by atoms with Crippen molar-refractivity contribution < 1.29 is 9.53 Å². The summed E-state index contributed by atoms with van der Waals surface area (Å²) in [5.74, 6) is 0. The van der Waals surface area contributed by atoms with Crippen molar-refractivity contribution >= 4 is 6.47 Å². The first kappa shape index (κ1) is 11.6. The van der Waals surface area contributed by atoms with Crippen molar-refractivity contribution in [2.75, 3.05) is 0 Å². The Balaban J connectivity index is 0.000000223. The van der Waals surface area contributed by atoms with Gasteiger partial charge in [-0.1, -0.05) is 0 Å². The van der Waals surface area contributed by atoms with Gasteiger partial charge in [0.2, 0.25) is 0 Å². The number of carbonyl (C=O) groups excluding carboxylic acids is 1. The van der Waals surface area contributed by atoms with Crippen molar-refractivity contribution in [1.82, 2.24) is 10.2 Å². The van der Waals surface area contributed by atoms with Crippen LogP contribution in [0, 0.1) is 0 Å². The van der Waals surface area contributed by atoms with Crippen molar-refractivity contribution in [2.24, 2.45) is 0 Å². The molecule has 1 aromatic rings. The molecule has 0 fully saturated rings. The van der Waals surface area contributed by atoms with Gasteiger partial charge in [0.05, 0.1) is 0 Å². The fourth-order valence-electron chi connectivity index (χ4n) is 0.398. The van der Waals surface area contributed by atoms with E-state index in [2.05, 4.69) is 14.9 Å². The summed E-state index contributed by atoms with van der Waals surface area (Å²) in [4.78, 5) is 9.60. The molecule has 0 radical (unpaired) electrons. The molecule has 0 bridgehead atoms. The van der Waals surface area contributed by atoms with Crippen LogP contribution in [0.25, 0.3) is 0 Å². The Hall–Kier alpha value is -1.45. The lowest BCUT2D eigenvalue weighted by Crippen LogP contribution is -2.17. The van der Waals surface area contributed by atoms with Crippen LogP contribution in [0.2, 0.25) is 0 Å². The van der Waals surface area contributed by atoms with Crippen LogP contribution >= 0.6 is 0 Å². The molecule has 0 saturated heterocycles. The zero-order valence-corrected chi connectivity index (χ0v) is 8.10. The molecule has 72 valence electrons. The van der Waals surface area contributed by atoms with Gasteiger partial charge in [-0.2, -0.15) is 10.2 Å². The monoisotopic (exact) mass is 182 g/mol. The molecule has 0 aliphatic rings. The first-order valence-corrected chi connectivity index (χ1v) is 3.89. The summed E-state index contributed by atoms with van der Waals surface area (Å²) in [7, 11) is 0. The Morgan fingerprint density at radius 3 is 1.69 bits per heavy atom. The highest BCUT2D eigenvalue weighted by molar-refractivity contribution is 5.37. The number of nitrogens with zero attached hydrogens (tertiary/aromatic N) is 2. The third-order valence-corrected chi connectivity index (χ3v) is 0.885. The molecule has 0 aliphatic carbocycles.